The lowest BCUT2D eigenvalue weighted by Gasteiger charge is -2.02. The van der Waals surface area contributed by atoms with E-state index < -0.39 is 0 Å². The first-order valence-corrected chi connectivity index (χ1v) is 8.88. The number of hydrogen-bond acceptors (Lipinski definition) is 2. The molecule has 0 radical (unpaired) electrons. The minimum Gasteiger partial charge on any atom is -0.162 e. The van der Waals surface area contributed by atoms with Gasteiger partial charge in [0.25, 0.3) is 0 Å². The van der Waals surface area contributed by atoms with Crippen LogP contribution in [-0.4, -0.2) is 23.0 Å². The number of thioether (sulfide) groups is 2. The Labute approximate surface area is 105 Å². The monoisotopic (exact) mass is 248 g/mol. The lowest BCUT2D eigenvalue weighted by Crippen LogP contribution is -1.88. The fourth-order valence-corrected chi connectivity index (χ4v) is 3.48. The summed E-state index contributed by atoms with van der Waals surface area (Å²) in [5.41, 5.74) is 0. The molecule has 0 nitrogen and oxygen atoms in total. The van der Waals surface area contributed by atoms with Gasteiger partial charge in [0.1, 0.15) is 0 Å². The van der Waals surface area contributed by atoms with Gasteiger partial charge in [-0.25, -0.2) is 0 Å². The molecule has 0 spiro atoms. The van der Waals surface area contributed by atoms with Gasteiger partial charge in [0.15, 0.2) is 0 Å². The Kier molecular flexibility index (Phi) is 15.4. The Bertz CT molecular complexity index is 92.7. The van der Waals surface area contributed by atoms with Crippen LogP contribution in [0.4, 0.5) is 0 Å². The van der Waals surface area contributed by atoms with Gasteiger partial charge in [-0.1, -0.05) is 39.5 Å². The highest BCUT2D eigenvalue weighted by Gasteiger charge is 1.92. The molecule has 0 aromatic rings. The molecule has 0 fully saturated rings. The van der Waals surface area contributed by atoms with Gasteiger partial charge < -0.3 is 0 Å². The van der Waals surface area contributed by atoms with Crippen LogP contribution in [0.3, 0.4) is 0 Å². The first-order chi connectivity index (χ1) is 7.41. The van der Waals surface area contributed by atoms with Gasteiger partial charge in [-0.2, -0.15) is 23.5 Å². The van der Waals surface area contributed by atoms with E-state index in [-0.39, 0.29) is 0 Å². The highest BCUT2D eigenvalue weighted by atomic mass is 32.2. The summed E-state index contributed by atoms with van der Waals surface area (Å²) in [7, 11) is 0. The molecule has 15 heavy (non-hydrogen) atoms. The number of rotatable bonds is 12. The minimum absolute atomic E-state index is 1.36. The van der Waals surface area contributed by atoms with E-state index in [9.17, 15) is 0 Å². The molecule has 0 saturated heterocycles. The summed E-state index contributed by atoms with van der Waals surface area (Å²) in [5, 5.41) is 0. The van der Waals surface area contributed by atoms with Gasteiger partial charge in [-0.05, 0) is 42.3 Å². The zero-order valence-electron chi connectivity index (χ0n) is 10.6. The van der Waals surface area contributed by atoms with Crippen molar-refractivity contribution in [2.45, 2.75) is 58.8 Å². The third-order valence-electron chi connectivity index (χ3n) is 2.36. The van der Waals surface area contributed by atoms with E-state index >= 15 is 0 Å². The average Bonchev–Trinajstić information content (AvgIpc) is 2.26. The second kappa shape index (κ2) is 14.7. The highest BCUT2D eigenvalue weighted by Crippen LogP contribution is 2.12. The van der Waals surface area contributed by atoms with Gasteiger partial charge >= 0.3 is 0 Å². The Hall–Kier alpha value is 0.700. The molecule has 0 saturated carbocycles. The molecule has 0 aliphatic heterocycles. The third kappa shape index (κ3) is 14.7. The van der Waals surface area contributed by atoms with Crippen LogP contribution in [0.15, 0.2) is 0 Å². The third-order valence-corrected chi connectivity index (χ3v) is 4.67. The lowest BCUT2D eigenvalue weighted by atomic mass is 10.3. The van der Waals surface area contributed by atoms with Crippen LogP contribution in [-0.2, 0) is 0 Å². The lowest BCUT2D eigenvalue weighted by molar-refractivity contribution is 0.777. The smallest absolute Gasteiger partial charge is 0.00597 e. The van der Waals surface area contributed by atoms with Crippen LogP contribution in [0.5, 0.6) is 0 Å². The second-order valence-corrected chi connectivity index (χ2v) is 6.44. The summed E-state index contributed by atoms with van der Waals surface area (Å²) in [4.78, 5) is 0. The summed E-state index contributed by atoms with van der Waals surface area (Å²) in [6.07, 6.45) is 9.79. The molecule has 0 aliphatic carbocycles. The van der Waals surface area contributed by atoms with Crippen molar-refractivity contribution < 1.29 is 0 Å². The fraction of sp³-hybridized carbons (Fsp3) is 1.00. The summed E-state index contributed by atoms with van der Waals surface area (Å²) in [6.45, 7) is 4.55. The number of unbranched alkanes of at least 4 members (excludes halogenated alkanes) is 4. The molecule has 0 N–H and O–H groups in total. The average molecular weight is 249 g/mol. The molecule has 92 valence electrons. The van der Waals surface area contributed by atoms with E-state index in [1.807, 2.05) is 0 Å². The Morgan fingerprint density at radius 1 is 0.533 bits per heavy atom. The normalized spacial score (nSPS) is 10.8. The van der Waals surface area contributed by atoms with Crippen molar-refractivity contribution in [3.05, 3.63) is 0 Å². The Balaban J connectivity index is 2.81. The second-order valence-electron chi connectivity index (χ2n) is 3.99. The zero-order chi connectivity index (χ0) is 11.2. The molecule has 0 aromatic carbocycles. The molecule has 0 rings (SSSR count). The van der Waals surface area contributed by atoms with Crippen molar-refractivity contribution in [2.75, 3.05) is 23.0 Å². The molecule has 2 heteroatoms. The predicted octanol–water partition coefficient (Wildman–Crippen LogP) is 5.22. The van der Waals surface area contributed by atoms with Crippen LogP contribution >= 0.6 is 23.5 Å². The van der Waals surface area contributed by atoms with Crippen molar-refractivity contribution in [3.8, 4) is 0 Å². The summed E-state index contributed by atoms with van der Waals surface area (Å²) < 4.78 is 0. The van der Waals surface area contributed by atoms with E-state index in [1.54, 1.807) is 0 Å². The van der Waals surface area contributed by atoms with Crippen molar-refractivity contribution >= 4 is 23.5 Å². The van der Waals surface area contributed by atoms with Gasteiger partial charge in [-0.15, -0.1) is 0 Å². The maximum absolute atomic E-state index is 2.28. The van der Waals surface area contributed by atoms with E-state index in [1.165, 1.54) is 68.0 Å². The topological polar surface area (TPSA) is 0 Å². The van der Waals surface area contributed by atoms with Crippen molar-refractivity contribution in [2.24, 2.45) is 0 Å². The SMILES string of the molecule is CCCCCSCCCSCCCCC. The van der Waals surface area contributed by atoms with E-state index in [0.717, 1.165) is 0 Å². The molecule has 0 amide bonds. The maximum atomic E-state index is 2.28. The number of hydrogen-bond donors (Lipinski definition) is 0. The van der Waals surface area contributed by atoms with Gasteiger partial charge in [0.2, 0.25) is 0 Å². The Morgan fingerprint density at radius 3 is 1.33 bits per heavy atom. The van der Waals surface area contributed by atoms with Crippen LogP contribution in [0.2, 0.25) is 0 Å². The van der Waals surface area contributed by atoms with Crippen LogP contribution < -0.4 is 0 Å². The van der Waals surface area contributed by atoms with E-state index in [4.69, 9.17) is 0 Å². The summed E-state index contributed by atoms with van der Waals surface area (Å²) in [5.74, 6) is 5.53. The molecule has 0 heterocycles. The van der Waals surface area contributed by atoms with Crippen molar-refractivity contribution in [1.82, 2.24) is 0 Å². The standard InChI is InChI=1S/C13H28S2/c1-3-5-7-10-14-12-9-13-15-11-8-6-4-2/h3-13H2,1-2H3. The quantitative estimate of drug-likeness (QED) is 0.434. The molecular formula is C13H28S2. The summed E-state index contributed by atoms with van der Waals surface area (Å²) in [6, 6.07) is 0. The largest absolute Gasteiger partial charge is 0.162 e. The van der Waals surface area contributed by atoms with Gasteiger partial charge in [-0.3, -0.25) is 0 Å². The molecular weight excluding hydrogens is 220 g/mol. The fourth-order valence-electron chi connectivity index (χ4n) is 1.38. The Morgan fingerprint density at radius 2 is 0.933 bits per heavy atom. The van der Waals surface area contributed by atoms with Crippen molar-refractivity contribution in [3.63, 3.8) is 0 Å². The van der Waals surface area contributed by atoms with Crippen LogP contribution in [0, 0.1) is 0 Å². The minimum atomic E-state index is 1.36. The van der Waals surface area contributed by atoms with Crippen LogP contribution in [0.25, 0.3) is 0 Å². The molecule has 0 aromatic heterocycles. The molecule has 0 bridgehead atoms. The molecule has 0 aliphatic rings. The zero-order valence-corrected chi connectivity index (χ0v) is 12.2. The maximum Gasteiger partial charge on any atom is -0.00597 e. The highest BCUT2D eigenvalue weighted by molar-refractivity contribution is 8.00. The summed E-state index contributed by atoms with van der Waals surface area (Å²) >= 11 is 4.30. The predicted molar refractivity (Wildman–Crippen MR) is 78.3 cm³/mol. The van der Waals surface area contributed by atoms with Crippen LogP contribution in [0.1, 0.15) is 58.8 Å². The van der Waals surface area contributed by atoms with E-state index in [2.05, 4.69) is 37.4 Å². The van der Waals surface area contributed by atoms with Crippen molar-refractivity contribution in [1.29, 1.82) is 0 Å². The van der Waals surface area contributed by atoms with Gasteiger partial charge in [0.05, 0.1) is 0 Å². The van der Waals surface area contributed by atoms with Gasteiger partial charge in [0, 0.05) is 0 Å². The first kappa shape index (κ1) is 15.7. The molecule has 0 atom stereocenters. The first-order valence-electron chi connectivity index (χ1n) is 6.57. The molecule has 0 unspecified atom stereocenters. The van der Waals surface area contributed by atoms with E-state index in [0.29, 0.717) is 0 Å².